The van der Waals surface area contributed by atoms with Gasteiger partial charge >= 0.3 is 0 Å². The lowest BCUT2D eigenvalue weighted by atomic mass is 10.0. The van der Waals surface area contributed by atoms with Crippen LogP contribution in [0.3, 0.4) is 0 Å². The van der Waals surface area contributed by atoms with Crippen molar-refractivity contribution in [3.63, 3.8) is 0 Å². The molecular weight excluding hydrogens is 188 g/mol. The second-order valence-electron chi connectivity index (χ2n) is 3.58. The molecule has 0 aliphatic heterocycles. The van der Waals surface area contributed by atoms with Crippen LogP contribution < -0.4 is 15.8 Å². The van der Waals surface area contributed by atoms with Gasteiger partial charge < -0.3 is 15.8 Å². The fraction of sp³-hybridized carbons (Fsp3) is 0.500. The zero-order chi connectivity index (χ0) is 11.3. The summed E-state index contributed by atoms with van der Waals surface area (Å²) in [5.74, 6) is 0.922. The number of ether oxygens (including phenoxy) is 1. The van der Waals surface area contributed by atoms with E-state index in [1.807, 2.05) is 13.0 Å². The van der Waals surface area contributed by atoms with E-state index in [0.29, 0.717) is 6.54 Å². The molecule has 0 radical (unpaired) electrons. The maximum absolute atomic E-state index is 5.72. The van der Waals surface area contributed by atoms with Gasteiger partial charge in [-0.2, -0.15) is 0 Å². The average Bonchev–Trinajstić information content (AvgIpc) is 2.25. The zero-order valence-electron chi connectivity index (χ0n) is 9.71. The number of nitrogens with two attached hydrogens (primary N) is 1. The minimum absolute atomic E-state index is 0.236. The van der Waals surface area contributed by atoms with Gasteiger partial charge in [-0.15, -0.1) is 0 Å². The van der Waals surface area contributed by atoms with Crippen molar-refractivity contribution in [2.24, 2.45) is 5.73 Å². The van der Waals surface area contributed by atoms with Crippen LogP contribution in [0.5, 0.6) is 5.75 Å². The third kappa shape index (κ3) is 2.94. The van der Waals surface area contributed by atoms with Crippen molar-refractivity contribution >= 4 is 0 Å². The summed E-state index contributed by atoms with van der Waals surface area (Å²) in [6.45, 7) is 5.66. The lowest BCUT2D eigenvalue weighted by Gasteiger charge is -2.17. The molecule has 1 atom stereocenters. The Morgan fingerprint density at radius 2 is 2.20 bits per heavy atom. The molecule has 0 aromatic heterocycles. The molecular formula is C12H20N2O. The third-order valence-corrected chi connectivity index (χ3v) is 2.51. The molecule has 1 unspecified atom stereocenters. The second-order valence-corrected chi connectivity index (χ2v) is 3.58. The van der Waals surface area contributed by atoms with Gasteiger partial charge in [0.1, 0.15) is 5.75 Å². The van der Waals surface area contributed by atoms with Crippen molar-refractivity contribution in [1.29, 1.82) is 0 Å². The number of nitrogens with one attached hydrogen (secondary N) is 1. The molecule has 15 heavy (non-hydrogen) atoms. The molecule has 0 amide bonds. The minimum atomic E-state index is 0.236. The number of hydrogen-bond donors (Lipinski definition) is 2. The van der Waals surface area contributed by atoms with Gasteiger partial charge in [-0.3, -0.25) is 0 Å². The number of aryl methyl sites for hydroxylation is 1. The molecule has 0 bridgehead atoms. The van der Waals surface area contributed by atoms with Gasteiger partial charge in [0.25, 0.3) is 0 Å². The Labute approximate surface area is 91.6 Å². The van der Waals surface area contributed by atoms with Crippen LogP contribution in [0.15, 0.2) is 18.2 Å². The molecule has 3 N–H and O–H groups in total. The summed E-state index contributed by atoms with van der Waals surface area (Å²) in [6, 6.07) is 6.41. The highest BCUT2D eigenvalue weighted by Gasteiger charge is 2.09. The standard InChI is InChI=1S/C12H20N2O/c1-4-14-11(8-13)10-5-6-12(15-3)9(2)7-10/h5-7,11,14H,4,8,13H2,1-3H3. The van der Waals surface area contributed by atoms with Gasteiger partial charge in [-0.25, -0.2) is 0 Å². The van der Waals surface area contributed by atoms with Gasteiger partial charge in [-0.1, -0.05) is 19.1 Å². The van der Waals surface area contributed by atoms with E-state index >= 15 is 0 Å². The predicted molar refractivity (Wildman–Crippen MR) is 63.2 cm³/mol. The quantitative estimate of drug-likeness (QED) is 0.773. The number of methoxy groups -OCH3 is 1. The van der Waals surface area contributed by atoms with Gasteiger partial charge in [0, 0.05) is 12.6 Å². The Morgan fingerprint density at radius 3 is 2.67 bits per heavy atom. The lowest BCUT2D eigenvalue weighted by Crippen LogP contribution is -2.27. The Morgan fingerprint density at radius 1 is 1.47 bits per heavy atom. The number of hydrogen-bond acceptors (Lipinski definition) is 3. The summed E-state index contributed by atoms with van der Waals surface area (Å²) in [6.07, 6.45) is 0. The minimum Gasteiger partial charge on any atom is -0.496 e. The van der Waals surface area contributed by atoms with E-state index in [4.69, 9.17) is 10.5 Å². The molecule has 0 saturated carbocycles. The first-order valence-electron chi connectivity index (χ1n) is 5.30. The predicted octanol–water partition coefficient (Wildman–Crippen LogP) is 1.61. The second kappa shape index (κ2) is 5.73. The maximum Gasteiger partial charge on any atom is 0.121 e. The van der Waals surface area contributed by atoms with E-state index in [-0.39, 0.29) is 6.04 Å². The van der Waals surface area contributed by atoms with E-state index in [1.54, 1.807) is 7.11 Å². The topological polar surface area (TPSA) is 47.3 Å². The van der Waals surface area contributed by atoms with Crippen LogP contribution in [0.4, 0.5) is 0 Å². The van der Waals surface area contributed by atoms with Crippen LogP contribution >= 0.6 is 0 Å². The Balaban J connectivity index is 2.89. The van der Waals surface area contributed by atoms with Crippen molar-refractivity contribution in [1.82, 2.24) is 5.32 Å². The smallest absolute Gasteiger partial charge is 0.121 e. The van der Waals surface area contributed by atoms with Crippen molar-refractivity contribution in [3.8, 4) is 5.75 Å². The monoisotopic (exact) mass is 208 g/mol. The Bertz CT molecular complexity index is 312. The van der Waals surface area contributed by atoms with Crippen molar-refractivity contribution in [2.75, 3.05) is 20.2 Å². The molecule has 1 rings (SSSR count). The summed E-state index contributed by atoms with van der Waals surface area (Å²) < 4.78 is 5.22. The summed E-state index contributed by atoms with van der Waals surface area (Å²) in [5, 5.41) is 3.35. The summed E-state index contributed by atoms with van der Waals surface area (Å²) in [7, 11) is 1.69. The molecule has 0 spiro atoms. The fourth-order valence-corrected chi connectivity index (χ4v) is 1.70. The highest BCUT2D eigenvalue weighted by Crippen LogP contribution is 2.21. The van der Waals surface area contributed by atoms with Gasteiger partial charge in [0.05, 0.1) is 7.11 Å². The molecule has 0 heterocycles. The van der Waals surface area contributed by atoms with Gasteiger partial charge in [0.15, 0.2) is 0 Å². The average molecular weight is 208 g/mol. The van der Waals surface area contributed by atoms with E-state index < -0.39 is 0 Å². The lowest BCUT2D eigenvalue weighted by molar-refractivity contribution is 0.411. The van der Waals surface area contributed by atoms with E-state index in [0.717, 1.165) is 17.9 Å². The largest absolute Gasteiger partial charge is 0.496 e. The fourth-order valence-electron chi connectivity index (χ4n) is 1.70. The van der Waals surface area contributed by atoms with E-state index in [9.17, 15) is 0 Å². The van der Waals surface area contributed by atoms with Crippen LogP contribution in [-0.2, 0) is 0 Å². The molecule has 3 nitrogen and oxygen atoms in total. The van der Waals surface area contributed by atoms with E-state index in [1.165, 1.54) is 5.56 Å². The molecule has 1 aromatic rings. The van der Waals surface area contributed by atoms with Gasteiger partial charge in [0.2, 0.25) is 0 Å². The molecule has 1 aromatic carbocycles. The van der Waals surface area contributed by atoms with Crippen LogP contribution in [0.1, 0.15) is 24.1 Å². The summed E-state index contributed by atoms with van der Waals surface area (Å²) >= 11 is 0. The number of benzene rings is 1. The normalized spacial score (nSPS) is 12.5. The first kappa shape index (κ1) is 12.0. The van der Waals surface area contributed by atoms with Gasteiger partial charge in [-0.05, 0) is 30.7 Å². The van der Waals surface area contributed by atoms with Crippen molar-refractivity contribution in [2.45, 2.75) is 19.9 Å². The Kier molecular flexibility index (Phi) is 4.59. The molecule has 3 heteroatoms. The Hall–Kier alpha value is -1.06. The van der Waals surface area contributed by atoms with Crippen molar-refractivity contribution < 1.29 is 4.74 Å². The first-order chi connectivity index (χ1) is 7.22. The molecule has 0 aliphatic rings. The zero-order valence-corrected chi connectivity index (χ0v) is 9.71. The summed E-state index contributed by atoms with van der Waals surface area (Å²) in [5.41, 5.74) is 8.08. The van der Waals surface area contributed by atoms with E-state index in [2.05, 4.69) is 24.4 Å². The summed E-state index contributed by atoms with van der Waals surface area (Å²) in [4.78, 5) is 0. The molecule has 0 fully saturated rings. The highest BCUT2D eigenvalue weighted by atomic mass is 16.5. The van der Waals surface area contributed by atoms with Crippen LogP contribution in [0.25, 0.3) is 0 Å². The third-order valence-electron chi connectivity index (χ3n) is 2.51. The van der Waals surface area contributed by atoms with Crippen LogP contribution in [-0.4, -0.2) is 20.2 Å². The highest BCUT2D eigenvalue weighted by molar-refractivity contribution is 5.37. The number of likely N-dealkylation sites (N-methyl/N-ethyl adjacent to an activating group) is 1. The van der Waals surface area contributed by atoms with Crippen LogP contribution in [0.2, 0.25) is 0 Å². The first-order valence-corrected chi connectivity index (χ1v) is 5.30. The SMILES string of the molecule is CCNC(CN)c1ccc(OC)c(C)c1. The molecule has 0 aliphatic carbocycles. The van der Waals surface area contributed by atoms with Crippen molar-refractivity contribution in [3.05, 3.63) is 29.3 Å². The molecule has 84 valence electrons. The number of rotatable bonds is 5. The maximum atomic E-state index is 5.72. The van der Waals surface area contributed by atoms with Crippen LogP contribution in [0, 0.1) is 6.92 Å². The molecule has 0 saturated heterocycles.